The standard InChI is InChI=1S/C14H23N3O/c1-4-12(15)6-5-11(2)14(18)16-13-7-9-17(3)10-8-13/h4-6,13H,1,7-10,15H2,2-3H3,(H,16,18)/b11-5+,12-6+. The Kier molecular flexibility index (Phi) is 5.65. The number of hydrogen-bond donors (Lipinski definition) is 2. The van der Waals surface area contributed by atoms with Crippen molar-refractivity contribution in [1.29, 1.82) is 0 Å². The van der Waals surface area contributed by atoms with Gasteiger partial charge in [0.2, 0.25) is 5.91 Å². The van der Waals surface area contributed by atoms with Crippen LogP contribution in [0.1, 0.15) is 19.8 Å². The average Bonchev–Trinajstić information content (AvgIpc) is 2.38. The summed E-state index contributed by atoms with van der Waals surface area (Å²) >= 11 is 0. The number of amides is 1. The molecule has 4 heteroatoms. The molecule has 0 spiro atoms. The predicted molar refractivity (Wildman–Crippen MR) is 74.9 cm³/mol. The third kappa shape index (κ3) is 4.75. The zero-order chi connectivity index (χ0) is 13.5. The second-order valence-corrected chi connectivity index (χ2v) is 4.77. The highest BCUT2D eigenvalue weighted by Crippen LogP contribution is 2.09. The highest BCUT2D eigenvalue weighted by molar-refractivity contribution is 5.93. The van der Waals surface area contributed by atoms with Crippen molar-refractivity contribution >= 4 is 5.91 Å². The van der Waals surface area contributed by atoms with Crippen LogP contribution < -0.4 is 11.1 Å². The second kappa shape index (κ2) is 7.01. The first kappa shape index (κ1) is 14.5. The molecule has 18 heavy (non-hydrogen) atoms. The summed E-state index contributed by atoms with van der Waals surface area (Å²) < 4.78 is 0. The van der Waals surface area contributed by atoms with Crippen molar-refractivity contribution in [3.63, 3.8) is 0 Å². The van der Waals surface area contributed by atoms with Crippen LogP contribution >= 0.6 is 0 Å². The zero-order valence-electron chi connectivity index (χ0n) is 11.3. The van der Waals surface area contributed by atoms with Crippen LogP contribution in [0.3, 0.4) is 0 Å². The first-order valence-corrected chi connectivity index (χ1v) is 6.29. The van der Waals surface area contributed by atoms with Gasteiger partial charge in [-0.15, -0.1) is 0 Å². The number of piperidine rings is 1. The Balaban J connectivity index is 2.47. The first-order valence-electron chi connectivity index (χ1n) is 6.29. The molecule has 1 saturated heterocycles. The number of nitrogens with two attached hydrogens (primary N) is 1. The Morgan fingerprint density at radius 1 is 1.39 bits per heavy atom. The number of rotatable bonds is 4. The fourth-order valence-corrected chi connectivity index (χ4v) is 1.82. The monoisotopic (exact) mass is 249 g/mol. The third-order valence-corrected chi connectivity index (χ3v) is 3.17. The van der Waals surface area contributed by atoms with E-state index < -0.39 is 0 Å². The zero-order valence-corrected chi connectivity index (χ0v) is 11.3. The molecular formula is C14H23N3O. The van der Waals surface area contributed by atoms with E-state index in [9.17, 15) is 4.79 Å². The van der Waals surface area contributed by atoms with E-state index in [1.165, 1.54) is 0 Å². The minimum atomic E-state index is -0.0161. The molecule has 1 aliphatic heterocycles. The molecule has 0 saturated carbocycles. The normalized spacial score (nSPS) is 19.7. The van der Waals surface area contributed by atoms with Gasteiger partial charge in [-0.05, 0) is 52.1 Å². The topological polar surface area (TPSA) is 58.4 Å². The highest BCUT2D eigenvalue weighted by Gasteiger charge is 2.18. The van der Waals surface area contributed by atoms with Crippen molar-refractivity contribution in [2.75, 3.05) is 20.1 Å². The molecule has 1 amide bonds. The Hall–Kier alpha value is -1.55. The Morgan fingerprint density at radius 2 is 2.00 bits per heavy atom. The molecule has 0 atom stereocenters. The molecule has 0 aliphatic carbocycles. The SMILES string of the molecule is C=C/C(N)=C\C=C(/C)C(=O)NC1CCN(C)CC1. The van der Waals surface area contributed by atoms with Crippen molar-refractivity contribution in [3.8, 4) is 0 Å². The van der Waals surface area contributed by atoms with E-state index in [1.807, 2.05) is 0 Å². The van der Waals surface area contributed by atoms with Crippen LogP contribution in [0.2, 0.25) is 0 Å². The average molecular weight is 249 g/mol. The van der Waals surface area contributed by atoms with Crippen LogP contribution in [0.15, 0.2) is 36.1 Å². The first-order chi connectivity index (χ1) is 8.52. The second-order valence-electron chi connectivity index (χ2n) is 4.77. The van der Waals surface area contributed by atoms with Crippen molar-refractivity contribution in [2.24, 2.45) is 5.73 Å². The molecular weight excluding hydrogens is 226 g/mol. The minimum absolute atomic E-state index is 0.0161. The Morgan fingerprint density at radius 3 is 2.56 bits per heavy atom. The summed E-state index contributed by atoms with van der Waals surface area (Å²) in [5.74, 6) is -0.0161. The van der Waals surface area contributed by atoms with E-state index in [0.29, 0.717) is 11.3 Å². The fourth-order valence-electron chi connectivity index (χ4n) is 1.82. The Labute approximate surface area is 109 Å². The molecule has 1 aliphatic rings. The smallest absolute Gasteiger partial charge is 0.247 e. The molecule has 0 aromatic heterocycles. The molecule has 1 heterocycles. The van der Waals surface area contributed by atoms with E-state index in [0.717, 1.165) is 25.9 Å². The largest absolute Gasteiger partial charge is 0.399 e. The fraction of sp³-hybridized carbons (Fsp3) is 0.500. The van der Waals surface area contributed by atoms with Gasteiger partial charge in [0.25, 0.3) is 0 Å². The van der Waals surface area contributed by atoms with Gasteiger partial charge in [0.15, 0.2) is 0 Å². The lowest BCUT2D eigenvalue weighted by molar-refractivity contribution is -0.118. The van der Waals surface area contributed by atoms with Gasteiger partial charge in [-0.3, -0.25) is 4.79 Å². The summed E-state index contributed by atoms with van der Waals surface area (Å²) in [6.07, 6.45) is 7.00. The number of likely N-dealkylation sites (tertiary alicyclic amines) is 1. The van der Waals surface area contributed by atoms with Crippen LogP contribution in [0, 0.1) is 0 Å². The van der Waals surface area contributed by atoms with Crippen molar-refractivity contribution < 1.29 is 4.79 Å². The van der Waals surface area contributed by atoms with E-state index in [1.54, 1.807) is 25.2 Å². The summed E-state index contributed by atoms with van der Waals surface area (Å²) in [6.45, 7) is 7.42. The lowest BCUT2D eigenvalue weighted by atomic mass is 10.1. The van der Waals surface area contributed by atoms with Gasteiger partial charge in [-0.1, -0.05) is 12.7 Å². The van der Waals surface area contributed by atoms with Gasteiger partial charge >= 0.3 is 0 Å². The summed E-state index contributed by atoms with van der Waals surface area (Å²) in [5.41, 5.74) is 6.80. The molecule has 0 radical (unpaired) electrons. The maximum atomic E-state index is 11.9. The van der Waals surface area contributed by atoms with Crippen LogP contribution in [0.25, 0.3) is 0 Å². The van der Waals surface area contributed by atoms with E-state index in [4.69, 9.17) is 5.73 Å². The maximum absolute atomic E-state index is 11.9. The summed E-state index contributed by atoms with van der Waals surface area (Å²) in [5, 5.41) is 3.05. The molecule has 1 fully saturated rings. The minimum Gasteiger partial charge on any atom is -0.399 e. The molecule has 0 aromatic carbocycles. The van der Waals surface area contributed by atoms with Crippen LogP contribution in [0.4, 0.5) is 0 Å². The van der Waals surface area contributed by atoms with E-state index in [-0.39, 0.29) is 11.9 Å². The molecule has 1 rings (SSSR count). The summed E-state index contributed by atoms with van der Waals surface area (Å²) in [6, 6.07) is 0.290. The van der Waals surface area contributed by atoms with E-state index in [2.05, 4.69) is 23.8 Å². The number of hydrogen-bond acceptors (Lipinski definition) is 3. The van der Waals surface area contributed by atoms with Gasteiger partial charge in [0.1, 0.15) is 0 Å². The van der Waals surface area contributed by atoms with Gasteiger partial charge in [-0.25, -0.2) is 0 Å². The van der Waals surface area contributed by atoms with Crippen molar-refractivity contribution in [2.45, 2.75) is 25.8 Å². The van der Waals surface area contributed by atoms with E-state index >= 15 is 0 Å². The van der Waals surface area contributed by atoms with Gasteiger partial charge in [-0.2, -0.15) is 0 Å². The number of carbonyl (C=O) groups is 1. The molecule has 0 aromatic rings. The Bertz CT molecular complexity index is 363. The lowest BCUT2D eigenvalue weighted by Gasteiger charge is -2.29. The summed E-state index contributed by atoms with van der Waals surface area (Å²) in [7, 11) is 2.10. The number of nitrogens with one attached hydrogen (secondary N) is 1. The number of allylic oxidation sites excluding steroid dienone is 3. The van der Waals surface area contributed by atoms with Crippen molar-refractivity contribution in [1.82, 2.24) is 10.2 Å². The lowest BCUT2D eigenvalue weighted by Crippen LogP contribution is -2.43. The van der Waals surface area contributed by atoms with Crippen LogP contribution in [-0.4, -0.2) is 37.0 Å². The van der Waals surface area contributed by atoms with Gasteiger partial charge in [0, 0.05) is 17.3 Å². The molecule has 3 N–H and O–H groups in total. The number of carbonyl (C=O) groups excluding carboxylic acids is 1. The third-order valence-electron chi connectivity index (χ3n) is 3.17. The van der Waals surface area contributed by atoms with Crippen LogP contribution in [-0.2, 0) is 4.79 Å². The van der Waals surface area contributed by atoms with Crippen LogP contribution in [0.5, 0.6) is 0 Å². The molecule has 4 nitrogen and oxygen atoms in total. The van der Waals surface area contributed by atoms with Gasteiger partial charge in [0.05, 0.1) is 0 Å². The quantitative estimate of drug-likeness (QED) is 0.581. The predicted octanol–water partition coefficient (Wildman–Crippen LogP) is 1.17. The molecule has 0 unspecified atom stereocenters. The highest BCUT2D eigenvalue weighted by atomic mass is 16.1. The summed E-state index contributed by atoms with van der Waals surface area (Å²) in [4.78, 5) is 14.2. The molecule has 0 bridgehead atoms. The number of nitrogens with zero attached hydrogens (tertiary/aromatic N) is 1. The molecule has 100 valence electrons. The maximum Gasteiger partial charge on any atom is 0.247 e. The van der Waals surface area contributed by atoms with Gasteiger partial charge < -0.3 is 16.0 Å². The van der Waals surface area contributed by atoms with Crippen molar-refractivity contribution in [3.05, 3.63) is 36.1 Å².